The first-order valence-electron chi connectivity index (χ1n) is 21.3. The summed E-state index contributed by atoms with van der Waals surface area (Å²) in [6, 6.07) is 16.0. The number of likely N-dealkylation sites (tertiary alicyclic amines) is 2. The Hall–Kier alpha value is -4.32. The predicted octanol–water partition coefficient (Wildman–Crippen LogP) is 8.37. The molecule has 328 valence electrons. The van der Waals surface area contributed by atoms with E-state index < -0.39 is 34.2 Å². The van der Waals surface area contributed by atoms with E-state index in [2.05, 4.69) is 17.4 Å². The lowest BCUT2D eigenvalue weighted by Gasteiger charge is -2.28. The summed E-state index contributed by atoms with van der Waals surface area (Å²) in [6.45, 7) is 25.9. The molecule has 0 spiro atoms. The van der Waals surface area contributed by atoms with Gasteiger partial charge in [0, 0.05) is 39.3 Å². The fraction of sp³-hybridized carbons (Fsp3) is 0.660. The minimum atomic E-state index is -0.636. The minimum absolute atomic E-state index is 0.0461. The summed E-state index contributed by atoms with van der Waals surface area (Å²) in [6.07, 6.45) is 1.64. The molecule has 59 heavy (non-hydrogen) atoms. The predicted molar refractivity (Wildman–Crippen MR) is 228 cm³/mol. The summed E-state index contributed by atoms with van der Waals surface area (Å²) in [4.78, 5) is 56.1. The lowest BCUT2D eigenvalue weighted by molar-refractivity contribution is -0.163. The van der Waals surface area contributed by atoms with E-state index in [9.17, 15) is 19.2 Å². The number of hydrogen-bond acceptors (Lipinski definition) is 10. The first-order valence-corrected chi connectivity index (χ1v) is 21.3. The number of carbonyl (C=O) groups is 4. The smallest absolute Gasteiger partial charge is 0.410 e. The van der Waals surface area contributed by atoms with Crippen molar-refractivity contribution >= 4 is 24.1 Å². The average Bonchev–Trinajstić information content (AvgIpc) is 3.78. The molecule has 0 aliphatic carbocycles. The van der Waals surface area contributed by atoms with Gasteiger partial charge in [-0.15, -0.1) is 0 Å². The van der Waals surface area contributed by atoms with Gasteiger partial charge in [-0.05, 0) is 149 Å². The summed E-state index contributed by atoms with van der Waals surface area (Å²) in [7, 11) is 0. The molecule has 2 aromatic rings. The second-order valence-electron chi connectivity index (χ2n) is 20.1. The molecule has 12 heteroatoms. The molecule has 0 aromatic heterocycles. The zero-order chi connectivity index (χ0) is 43.8. The Kier molecular flexibility index (Phi) is 15.9. The third kappa shape index (κ3) is 16.3. The standard InChI is InChI=1S/C47H71N3O9/c1-44(2,3)56-40(51)38(35-19-22-49(30-35)42(53)58-46(7,8)9)27-32-15-13-17-34(25-32)29-48-21-24-55-37-18-14-16-33(26-37)28-39(41(52)57-45(4,5)6)36-20-23-50(31-36)43(54)59-47(10,11)12/h13-18,25-26,35-36,38-39,48H,19-24,27-31H2,1-12H3/t35-,36-,38-,39-/m1/s1. The van der Waals surface area contributed by atoms with Crippen LogP contribution in [0.1, 0.15) is 113 Å². The SMILES string of the molecule is CC(C)(C)OC(=O)[C@H](Cc1cccc(CNCCOc2cccc(C[C@@H](C(=O)OC(C)(C)C)[C@@H]3CCN(C(=O)OC(C)(C)C)C3)c2)c1)[C@@H]1CCN(C(=O)OC(C)(C)C)C1. The monoisotopic (exact) mass is 822 g/mol. The van der Waals surface area contributed by atoms with Crippen LogP contribution >= 0.6 is 0 Å². The van der Waals surface area contributed by atoms with Crippen molar-refractivity contribution in [2.75, 3.05) is 39.3 Å². The number of hydrogen-bond donors (Lipinski definition) is 1. The molecule has 4 atom stereocenters. The van der Waals surface area contributed by atoms with Gasteiger partial charge >= 0.3 is 24.1 Å². The molecule has 0 bridgehead atoms. The van der Waals surface area contributed by atoms with Gasteiger partial charge in [0.15, 0.2) is 0 Å². The van der Waals surface area contributed by atoms with E-state index in [0.717, 1.165) is 16.7 Å². The Bertz CT molecular complexity index is 1610. The Balaban J connectivity index is 1.32. The Labute approximate surface area is 353 Å². The van der Waals surface area contributed by atoms with Crippen molar-refractivity contribution in [3.8, 4) is 5.75 Å². The van der Waals surface area contributed by atoms with Gasteiger partial charge in [-0.2, -0.15) is 0 Å². The normalized spacial score (nSPS) is 18.6. The molecule has 0 radical (unpaired) electrons. The number of esters is 2. The molecular weight excluding hydrogens is 751 g/mol. The molecule has 12 nitrogen and oxygen atoms in total. The molecule has 4 rings (SSSR count). The minimum Gasteiger partial charge on any atom is -0.492 e. The van der Waals surface area contributed by atoms with Crippen LogP contribution in [-0.2, 0) is 47.9 Å². The maximum atomic E-state index is 13.6. The Morgan fingerprint density at radius 1 is 0.610 bits per heavy atom. The van der Waals surface area contributed by atoms with Crippen LogP contribution in [-0.4, -0.2) is 95.7 Å². The molecule has 2 aliphatic rings. The number of nitrogens with zero attached hydrogens (tertiary/aromatic N) is 2. The van der Waals surface area contributed by atoms with Gasteiger partial charge < -0.3 is 38.8 Å². The number of rotatable bonds is 14. The Morgan fingerprint density at radius 3 is 1.49 bits per heavy atom. The van der Waals surface area contributed by atoms with Crippen molar-refractivity contribution in [3.63, 3.8) is 0 Å². The highest BCUT2D eigenvalue weighted by Gasteiger charge is 2.40. The van der Waals surface area contributed by atoms with Crippen molar-refractivity contribution in [1.82, 2.24) is 15.1 Å². The number of carbonyl (C=O) groups excluding carboxylic acids is 4. The first-order chi connectivity index (χ1) is 27.3. The second kappa shape index (κ2) is 19.8. The van der Waals surface area contributed by atoms with Crippen molar-refractivity contribution < 1.29 is 42.9 Å². The van der Waals surface area contributed by atoms with E-state index in [1.54, 1.807) is 9.80 Å². The summed E-state index contributed by atoms with van der Waals surface area (Å²) in [5, 5.41) is 3.47. The highest BCUT2D eigenvalue weighted by molar-refractivity contribution is 5.75. The maximum absolute atomic E-state index is 13.6. The fourth-order valence-corrected chi connectivity index (χ4v) is 7.47. The van der Waals surface area contributed by atoms with Gasteiger partial charge in [0.2, 0.25) is 0 Å². The van der Waals surface area contributed by atoms with Gasteiger partial charge in [0.05, 0.1) is 11.8 Å². The van der Waals surface area contributed by atoms with E-state index in [1.165, 1.54) is 0 Å². The first kappa shape index (κ1) is 47.4. The van der Waals surface area contributed by atoms with Gasteiger partial charge in [-0.3, -0.25) is 9.59 Å². The molecule has 2 fully saturated rings. The summed E-state index contributed by atoms with van der Waals surface area (Å²) >= 11 is 0. The lowest BCUT2D eigenvalue weighted by atomic mass is 9.85. The van der Waals surface area contributed by atoms with Crippen LogP contribution in [0.5, 0.6) is 5.75 Å². The second-order valence-corrected chi connectivity index (χ2v) is 20.1. The Morgan fingerprint density at radius 2 is 1.03 bits per heavy atom. The van der Waals surface area contributed by atoms with Crippen molar-refractivity contribution in [2.45, 2.75) is 138 Å². The quantitative estimate of drug-likeness (QED) is 0.113. The topological polar surface area (TPSA) is 133 Å². The van der Waals surface area contributed by atoms with E-state index in [-0.39, 0.29) is 36.0 Å². The third-order valence-corrected chi connectivity index (χ3v) is 9.99. The largest absolute Gasteiger partial charge is 0.492 e. The molecule has 0 unspecified atom stereocenters. The highest BCUT2D eigenvalue weighted by Crippen LogP contribution is 2.33. The van der Waals surface area contributed by atoms with E-state index in [0.29, 0.717) is 77.3 Å². The van der Waals surface area contributed by atoms with Gasteiger partial charge in [-0.1, -0.05) is 36.4 Å². The summed E-state index contributed by atoms with van der Waals surface area (Å²) < 4.78 is 29.1. The summed E-state index contributed by atoms with van der Waals surface area (Å²) in [5.74, 6) is -0.752. The molecule has 2 aliphatic heterocycles. The molecule has 2 aromatic carbocycles. The van der Waals surface area contributed by atoms with E-state index in [4.69, 9.17) is 23.7 Å². The van der Waals surface area contributed by atoms with Crippen LogP contribution in [0.3, 0.4) is 0 Å². The van der Waals surface area contributed by atoms with Crippen molar-refractivity contribution in [1.29, 1.82) is 0 Å². The zero-order valence-electron chi connectivity index (χ0n) is 37.8. The number of amides is 2. The van der Waals surface area contributed by atoms with Crippen LogP contribution in [0.15, 0.2) is 48.5 Å². The number of nitrogens with one attached hydrogen (secondary N) is 1. The van der Waals surface area contributed by atoms with E-state index >= 15 is 0 Å². The van der Waals surface area contributed by atoms with Crippen LogP contribution in [0, 0.1) is 23.7 Å². The van der Waals surface area contributed by atoms with Crippen LogP contribution in [0.4, 0.5) is 9.59 Å². The van der Waals surface area contributed by atoms with Gasteiger partial charge in [0.25, 0.3) is 0 Å². The average molecular weight is 822 g/mol. The van der Waals surface area contributed by atoms with Crippen molar-refractivity contribution in [2.24, 2.45) is 23.7 Å². The zero-order valence-corrected chi connectivity index (χ0v) is 37.8. The van der Waals surface area contributed by atoms with Crippen LogP contribution < -0.4 is 10.1 Å². The lowest BCUT2D eigenvalue weighted by Crippen LogP contribution is -2.38. The molecule has 1 N–H and O–H groups in total. The van der Waals surface area contributed by atoms with Crippen molar-refractivity contribution in [3.05, 3.63) is 65.2 Å². The van der Waals surface area contributed by atoms with Crippen LogP contribution in [0.2, 0.25) is 0 Å². The van der Waals surface area contributed by atoms with Crippen LogP contribution in [0.25, 0.3) is 0 Å². The third-order valence-electron chi connectivity index (χ3n) is 9.99. The number of ether oxygens (including phenoxy) is 5. The molecular formula is C47H71N3O9. The number of benzene rings is 2. The molecule has 2 saturated heterocycles. The molecule has 2 heterocycles. The van der Waals surface area contributed by atoms with Gasteiger partial charge in [-0.25, -0.2) is 9.59 Å². The molecule has 2 amide bonds. The van der Waals surface area contributed by atoms with E-state index in [1.807, 2.05) is 119 Å². The maximum Gasteiger partial charge on any atom is 0.410 e. The summed E-state index contributed by atoms with van der Waals surface area (Å²) in [5.41, 5.74) is 0.622. The molecule has 0 saturated carbocycles. The highest BCUT2D eigenvalue weighted by atomic mass is 16.6. The van der Waals surface area contributed by atoms with Gasteiger partial charge in [0.1, 0.15) is 34.8 Å². The fourth-order valence-electron chi connectivity index (χ4n) is 7.47.